The first-order chi connectivity index (χ1) is 7.73. The van der Waals surface area contributed by atoms with Crippen molar-refractivity contribution in [1.29, 1.82) is 0 Å². The number of nitrogens with one attached hydrogen (secondary N) is 1. The Morgan fingerprint density at radius 3 is 2.47 bits per heavy atom. The summed E-state index contributed by atoms with van der Waals surface area (Å²) in [6.07, 6.45) is 1.46. The summed E-state index contributed by atoms with van der Waals surface area (Å²) >= 11 is 0. The molecular formula is C11H17N3O3. The van der Waals surface area contributed by atoms with E-state index in [9.17, 15) is 9.59 Å². The van der Waals surface area contributed by atoms with Gasteiger partial charge in [-0.05, 0) is 27.7 Å². The van der Waals surface area contributed by atoms with Gasteiger partial charge in [0.2, 0.25) is 0 Å². The molecule has 0 radical (unpaired) electrons. The molecule has 0 aromatic carbocycles. The first-order valence-electron chi connectivity index (χ1n) is 5.28. The zero-order chi connectivity index (χ0) is 13.2. The Morgan fingerprint density at radius 2 is 2.06 bits per heavy atom. The lowest BCUT2D eigenvalue weighted by Gasteiger charge is -2.21. The molecular weight excluding hydrogens is 222 g/mol. The lowest BCUT2D eigenvalue weighted by atomic mass is 10.1. The highest BCUT2D eigenvalue weighted by atomic mass is 16.4. The van der Waals surface area contributed by atoms with Crippen LogP contribution in [-0.2, 0) is 10.3 Å². The smallest absolute Gasteiger partial charge is 0.322 e. The fraction of sp³-hybridized carbons (Fsp3) is 0.545. The van der Waals surface area contributed by atoms with Crippen LogP contribution in [0.2, 0.25) is 0 Å². The number of hydrogen-bond donors (Lipinski definition) is 2. The number of carboxylic acids is 1. The zero-order valence-electron chi connectivity index (χ0n) is 10.4. The van der Waals surface area contributed by atoms with Gasteiger partial charge in [0.1, 0.15) is 6.54 Å². The van der Waals surface area contributed by atoms with E-state index in [1.807, 2.05) is 20.8 Å². The predicted octanol–water partition coefficient (Wildman–Crippen LogP) is 0.761. The molecule has 17 heavy (non-hydrogen) atoms. The van der Waals surface area contributed by atoms with Crippen molar-refractivity contribution in [3.63, 3.8) is 0 Å². The van der Waals surface area contributed by atoms with E-state index in [-0.39, 0.29) is 12.1 Å². The fourth-order valence-corrected chi connectivity index (χ4v) is 1.56. The standard InChI is InChI=1S/C11H17N3O3/c1-7-8(10(17)12-6-9(15)16)5-13-14(7)11(2,3)4/h5H,6H2,1-4H3,(H,12,17)(H,15,16). The molecule has 0 aliphatic heterocycles. The topological polar surface area (TPSA) is 84.2 Å². The summed E-state index contributed by atoms with van der Waals surface area (Å²) in [6.45, 7) is 7.33. The number of carbonyl (C=O) groups excluding carboxylic acids is 1. The molecule has 0 aliphatic rings. The second-order valence-electron chi connectivity index (χ2n) is 4.80. The predicted molar refractivity (Wildman–Crippen MR) is 61.9 cm³/mol. The second-order valence-corrected chi connectivity index (χ2v) is 4.80. The minimum Gasteiger partial charge on any atom is -0.480 e. The minimum atomic E-state index is -1.07. The van der Waals surface area contributed by atoms with Gasteiger partial charge in [-0.2, -0.15) is 5.10 Å². The van der Waals surface area contributed by atoms with E-state index in [0.29, 0.717) is 5.56 Å². The summed E-state index contributed by atoms with van der Waals surface area (Å²) in [4.78, 5) is 22.0. The van der Waals surface area contributed by atoms with Crippen LogP contribution in [0.5, 0.6) is 0 Å². The van der Waals surface area contributed by atoms with Crippen LogP contribution < -0.4 is 5.32 Å². The largest absolute Gasteiger partial charge is 0.480 e. The highest BCUT2D eigenvalue weighted by Crippen LogP contribution is 2.17. The number of rotatable bonds is 3. The molecule has 0 spiro atoms. The van der Waals surface area contributed by atoms with Crippen molar-refractivity contribution in [1.82, 2.24) is 15.1 Å². The third-order valence-corrected chi connectivity index (χ3v) is 2.29. The zero-order valence-corrected chi connectivity index (χ0v) is 10.4. The third-order valence-electron chi connectivity index (χ3n) is 2.29. The molecule has 2 N–H and O–H groups in total. The number of amides is 1. The molecule has 0 bridgehead atoms. The third kappa shape index (κ3) is 3.05. The Bertz CT molecular complexity index is 443. The lowest BCUT2D eigenvalue weighted by Crippen LogP contribution is -2.30. The average molecular weight is 239 g/mol. The van der Waals surface area contributed by atoms with Crippen molar-refractivity contribution in [2.75, 3.05) is 6.54 Å². The van der Waals surface area contributed by atoms with E-state index in [2.05, 4.69) is 10.4 Å². The van der Waals surface area contributed by atoms with Crippen LogP contribution in [0, 0.1) is 6.92 Å². The van der Waals surface area contributed by atoms with Crippen LogP contribution in [0.3, 0.4) is 0 Å². The number of carbonyl (C=O) groups is 2. The molecule has 1 aromatic rings. The van der Waals surface area contributed by atoms with E-state index >= 15 is 0 Å². The van der Waals surface area contributed by atoms with Gasteiger partial charge in [-0.15, -0.1) is 0 Å². The van der Waals surface area contributed by atoms with Crippen LogP contribution >= 0.6 is 0 Å². The van der Waals surface area contributed by atoms with Crippen molar-refractivity contribution in [2.45, 2.75) is 33.2 Å². The molecule has 6 nitrogen and oxygen atoms in total. The molecule has 1 rings (SSSR count). The van der Waals surface area contributed by atoms with Gasteiger partial charge in [0.15, 0.2) is 0 Å². The minimum absolute atomic E-state index is 0.213. The molecule has 0 unspecified atom stereocenters. The molecule has 1 aromatic heterocycles. The maximum absolute atomic E-state index is 11.7. The van der Waals surface area contributed by atoms with E-state index in [0.717, 1.165) is 5.69 Å². The summed E-state index contributed by atoms with van der Waals surface area (Å²) in [7, 11) is 0. The van der Waals surface area contributed by atoms with Crippen LogP contribution in [-0.4, -0.2) is 33.3 Å². The van der Waals surface area contributed by atoms with Crippen molar-refractivity contribution in [3.05, 3.63) is 17.5 Å². The SMILES string of the molecule is Cc1c(C(=O)NCC(=O)O)cnn1C(C)(C)C. The van der Waals surface area contributed by atoms with Gasteiger partial charge in [-0.25, -0.2) is 0 Å². The highest BCUT2D eigenvalue weighted by Gasteiger charge is 2.21. The Morgan fingerprint density at radius 1 is 1.47 bits per heavy atom. The molecule has 0 saturated carbocycles. The van der Waals surface area contributed by atoms with Crippen LogP contribution in [0.25, 0.3) is 0 Å². The van der Waals surface area contributed by atoms with Crippen molar-refractivity contribution < 1.29 is 14.7 Å². The molecule has 0 fully saturated rings. The first-order valence-corrected chi connectivity index (χ1v) is 5.28. The van der Waals surface area contributed by atoms with E-state index in [4.69, 9.17) is 5.11 Å². The van der Waals surface area contributed by atoms with Crippen molar-refractivity contribution in [3.8, 4) is 0 Å². The number of nitrogens with zero attached hydrogens (tertiary/aromatic N) is 2. The summed E-state index contributed by atoms with van der Waals surface area (Å²) in [6, 6.07) is 0. The summed E-state index contributed by atoms with van der Waals surface area (Å²) in [5.41, 5.74) is 0.914. The molecule has 1 heterocycles. The molecule has 0 saturated heterocycles. The normalized spacial score (nSPS) is 11.3. The quantitative estimate of drug-likeness (QED) is 0.815. The lowest BCUT2D eigenvalue weighted by molar-refractivity contribution is -0.135. The molecule has 0 aliphatic carbocycles. The Labute approximate surface area is 99.6 Å². The van der Waals surface area contributed by atoms with E-state index < -0.39 is 11.9 Å². The van der Waals surface area contributed by atoms with Gasteiger partial charge in [0.05, 0.1) is 17.3 Å². The van der Waals surface area contributed by atoms with Crippen LogP contribution in [0.15, 0.2) is 6.20 Å². The van der Waals surface area contributed by atoms with Gasteiger partial charge in [-0.1, -0.05) is 0 Å². The van der Waals surface area contributed by atoms with E-state index in [1.165, 1.54) is 6.20 Å². The number of aromatic nitrogens is 2. The molecule has 94 valence electrons. The van der Waals surface area contributed by atoms with Gasteiger partial charge in [-0.3, -0.25) is 14.3 Å². The Hall–Kier alpha value is -1.85. The highest BCUT2D eigenvalue weighted by molar-refractivity contribution is 5.96. The van der Waals surface area contributed by atoms with Crippen molar-refractivity contribution in [2.24, 2.45) is 0 Å². The van der Waals surface area contributed by atoms with Gasteiger partial charge in [0, 0.05) is 5.69 Å². The molecule has 0 atom stereocenters. The molecule has 1 amide bonds. The van der Waals surface area contributed by atoms with Crippen LogP contribution in [0.1, 0.15) is 36.8 Å². The monoisotopic (exact) mass is 239 g/mol. The fourth-order valence-electron chi connectivity index (χ4n) is 1.56. The van der Waals surface area contributed by atoms with Gasteiger partial charge in [0.25, 0.3) is 5.91 Å². The number of carboxylic acid groups (broad SMARTS) is 1. The molecule has 6 heteroatoms. The second kappa shape index (κ2) is 4.57. The van der Waals surface area contributed by atoms with Crippen molar-refractivity contribution >= 4 is 11.9 Å². The van der Waals surface area contributed by atoms with E-state index in [1.54, 1.807) is 11.6 Å². The maximum atomic E-state index is 11.7. The Kier molecular flexibility index (Phi) is 3.55. The van der Waals surface area contributed by atoms with Crippen LogP contribution in [0.4, 0.5) is 0 Å². The summed E-state index contributed by atoms with van der Waals surface area (Å²) < 4.78 is 1.74. The van der Waals surface area contributed by atoms with Gasteiger partial charge >= 0.3 is 5.97 Å². The Balaban J connectivity index is 2.90. The summed E-state index contributed by atoms with van der Waals surface area (Å²) in [5.74, 6) is -1.49. The average Bonchev–Trinajstić information content (AvgIpc) is 2.55. The van der Waals surface area contributed by atoms with Gasteiger partial charge < -0.3 is 10.4 Å². The number of hydrogen-bond acceptors (Lipinski definition) is 3. The maximum Gasteiger partial charge on any atom is 0.322 e. The summed E-state index contributed by atoms with van der Waals surface area (Å²) in [5, 5.41) is 14.9. The first kappa shape index (κ1) is 13.2. The number of aliphatic carboxylic acids is 1.